The summed E-state index contributed by atoms with van der Waals surface area (Å²) in [6, 6.07) is 5.17. The van der Waals surface area contributed by atoms with Crippen LogP contribution in [0.2, 0.25) is 0 Å². The van der Waals surface area contributed by atoms with Gasteiger partial charge in [-0.05, 0) is 18.4 Å². The zero-order valence-corrected chi connectivity index (χ0v) is 14.0. The van der Waals surface area contributed by atoms with E-state index in [1.54, 1.807) is 4.90 Å². The molecule has 1 aromatic carbocycles. The molecule has 1 aliphatic heterocycles. The molecule has 7 nitrogen and oxygen atoms in total. The molecule has 1 aliphatic rings. The van der Waals surface area contributed by atoms with E-state index in [9.17, 15) is 23.3 Å². The molecule has 1 heterocycles. The highest BCUT2D eigenvalue weighted by molar-refractivity contribution is 7.91. The Morgan fingerprint density at radius 3 is 2.65 bits per heavy atom. The normalized spacial score (nSPS) is 19.7. The molecule has 0 aliphatic carbocycles. The third-order valence-corrected chi connectivity index (χ3v) is 5.53. The molecule has 0 spiro atoms. The summed E-state index contributed by atoms with van der Waals surface area (Å²) in [6.45, 7) is 4.30. The fraction of sp³-hybridized carbons (Fsp3) is 0.533. The molecular weight excluding hydrogens is 320 g/mol. The predicted octanol–water partition coefficient (Wildman–Crippen LogP) is 1.88. The number of rotatable bonds is 5. The summed E-state index contributed by atoms with van der Waals surface area (Å²) < 4.78 is 23.4. The number of benzene rings is 1. The smallest absolute Gasteiger partial charge is 0.270 e. The van der Waals surface area contributed by atoms with Crippen molar-refractivity contribution < 1.29 is 18.1 Å². The Balaban J connectivity index is 2.30. The summed E-state index contributed by atoms with van der Waals surface area (Å²) in [5, 5.41) is 10.9. The Bertz CT molecular complexity index is 714. The van der Waals surface area contributed by atoms with Gasteiger partial charge in [-0.15, -0.1) is 0 Å². The maximum absolute atomic E-state index is 12.8. The molecule has 0 N–H and O–H groups in total. The average Bonchev–Trinajstić information content (AvgIpc) is 2.84. The van der Waals surface area contributed by atoms with Gasteiger partial charge in [-0.1, -0.05) is 19.9 Å². The quantitative estimate of drug-likeness (QED) is 0.602. The summed E-state index contributed by atoms with van der Waals surface area (Å²) >= 11 is 0. The van der Waals surface area contributed by atoms with Crippen LogP contribution in [0.4, 0.5) is 5.69 Å². The van der Waals surface area contributed by atoms with Crippen LogP contribution in [0.5, 0.6) is 0 Å². The SMILES string of the molecule is CC(C)CN(C(=O)c1cccc([N+](=O)[O-])c1)[C@@H]1CCS(=O)(=O)C1. The van der Waals surface area contributed by atoms with E-state index in [4.69, 9.17) is 0 Å². The molecule has 0 radical (unpaired) electrons. The first-order chi connectivity index (χ1) is 10.7. The predicted molar refractivity (Wildman–Crippen MR) is 86.0 cm³/mol. The number of hydrogen-bond donors (Lipinski definition) is 0. The van der Waals surface area contributed by atoms with E-state index in [2.05, 4.69) is 0 Å². The molecule has 1 aromatic rings. The standard InChI is InChI=1S/C15H20N2O5S/c1-11(2)9-16(14-6-7-23(21,22)10-14)15(18)12-4-3-5-13(8-12)17(19)20/h3-5,8,11,14H,6-7,9-10H2,1-2H3/t14-/m1/s1. The lowest BCUT2D eigenvalue weighted by atomic mass is 10.1. The summed E-state index contributed by atoms with van der Waals surface area (Å²) in [6.07, 6.45) is 0.412. The highest BCUT2D eigenvalue weighted by Gasteiger charge is 2.35. The summed E-state index contributed by atoms with van der Waals surface area (Å²) in [7, 11) is -3.12. The Labute approximate surface area is 135 Å². The fourth-order valence-corrected chi connectivity index (χ4v) is 4.46. The van der Waals surface area contributed by atoms with Gasteiger partial charge in [-0.3, -0.25) is 14.9 Å². The Hall–Kier alpha value is -1.96. The molecule has 8 heteroatoms. The molecule has 1 atom stereocenters. The zero-order valence-electron chi connectivity index (χ0n) is 13.1. The number of nitrogens with zero attached hydrogens (tertiary/aromatic N) is 2. The number of carbonyl (C=O) groups excluding carboxylic acids is 1. The van der Waals surface area contributed by atoms with Crippen molar-refractivity contribution in [3.05, 3.63) is 39.9 Å². The summed E-state index contributed by atoms with van der Waals surface area (Å²) in [5.74, 6) is -0.153. The number of carbonyl (C=O) groups is 1. The van der Waals surface area contributed by atoms with Gasteiger partial charge >= 0.3 is 0 Å². The van der Waals surface area contributed by atoms with Crippen LogP contribution in [-0.2, 0) is 9.84 Å². The maximum atomic E-state index is 12.8. The van der Waals surface area contributed by atoms with Crippen molar-refractivity contribution in [2.75, 3.05) is 18.1 Å². The minimum absolute atomic E-state index is 0.0413. The van der Waals surface area contributed by atoms with Crippen LogP contribution in [0.3, 0.4) is 0 Å². The van der Waals surface area contributed by atoms with Gasteiger partial charge in [0, 0.05) is 30.3 Å². The fourth-order valence-electron chi connectivity index (χ4n) is 2.73. The third kappa shape index (κ3) is 4.28. The van der Waals surface area contributed by atoms with E-state index in [-0.39, 0.29) is 40.6 Å². The van der Waals surface area contributed by atoms with E-state index in [1.165, 1.54) is 24.3 Å². The molecule has 0 unspecified atom stereocenters. The van der Waals surface area contributed by atoms with E-state index in [0.717, 1.165) is 0 Å². The van der Waals surface area contributed by atoms with Crippen LogP contribution in [0.15, 0.2) is 24.3 Å². The second-order valence-electron chi connectivity index (χ2n) is 6.22. The molecule has 23 heavy (non-hydrogen) atoms. The lowest BCUT2D eigenvalue weighted by molar-refractivity contribution is -0.384. The molecule has 0 aromatic heterocycles. The largest absolute Gasteiger partial charge is 0.334 e. The van der Waals surface area contributed by atoms with Crippen molar-refractivity contribution >= 4 is 21.4 Å². The van der Waals surface area contributed by atoms with Crippen molar-refractivity contribution in [2.24, 2.45) is 5.92 Å². The first kappa shape index (κ1) is 17.4. The van der Waals surface area contributed by atoms with Crippen molar-refractivity contribution in [1.82, 2.24) is 4.90 Å². The zero-order chi connectivity index (χ0) is 17.2. The van der Waals surface area contributed by atoms with E-state index in [0.29, 0.717) is 13.0 Å². The van der Waals surface area contributed by atoms with Gasteiger partial charge in [-0.25, -0.2) is 8.42 Å². The van der Waals surface area contributed by atoms with Crippen LogP contribution >= 0.6 is 0 Å². The van der Waals surface area contributed by atoms with E-state index in [1.807, 2.05) is 13.8 Å². The first-order valence-corrected chi connectivity index (χ1v) is 9.27. The first-order valence-electron chi connectivity index (χ1n) is 7.45. The van der Waals surface area contributed by atoms with Crippen molar-refractivity contribution in [1.29, 1.82) is 0 Å². The van der Waals surface area contributed by atoms with Crippen LogP contribution < -0.4 is 0 Å². The lowest BCUT2D eigenvalue weighted by Crippen LogP contribution is -2.43. The van der Waals surface area contributed by atoms with Crippen LogP contribution in [0, 0.1) is 16.0 Å². The van der Waals surface area contributed by atoms with Crippen molar-refractivity contribution in [2.45, 2.75) is 26.3 Å². The number of non-ortho nitro benzene ring substituents is 1. The highest BCUT2D eigenvalue weighted by atomic mass is 32.2. The third-order valence-electron chi connectivity index (χ3n) is 3.78. The minimum Gasteiger partial charge on any atom is -0.334 e. The van der Waals surface area contributed by atoms with Crippen LogP contribution in [0.1, 0.15) is 30.6 Å². The molecule has 126 valence electrons. The van der Waals surface area contributed by atoms with Gasteiger partial charge in [0.25, 0.3) is 11.6 Å². The maximum Gasteiger partial charge on any atom is 0.270 e. The van der Waals surface area contributed by atoms with E-state index >= 15 is 0 Å². The van der Waals surface area contributed by atoms with Gasteiger partial charge in [0.15, 0.2) is 9.84 Å². The highest BCUT2D eigenvalue weighted by Crippen LogP contribution is 2.22. The summed E-state index contributed by atoms with van der Waals surface area (Å²) in [4.78, 5) is 24.6. The van der Waals surface area contributed by atoms with Gasteiger partial charge in [0.1, 0.15) is 0 Å². The van der Waals surface area contributed by atoms with Gasteiger partial charge in [0.05, 0.1) is 16.4 Å². The summed E-state index contributed by atoms with van der Waals surface area (Å²) in [5.41, 5.74) is 0.0588. The number of hydrogen-bond acceptors (Lipinski definition) is 5. The monoisotopic (exact) mass is 340 g/mol. The Kier molecular flexibility index (Phi) is 5.03. The topological polar surface area (TPSA) is 97.6 Å². The number of nitro benzene ring substituents is 1. The van der Waals surface area contributed by atoms with Gasteiger partial charge < -0.3 is 4.90 Å². The second-order valence-corrected chi connectivity index (χ2v) is 8.44. The van der Waals surface area contributed by atoms with Crippen LogP contribution in [-0.4, -0.2) is 48.2 Å². The lowest BCUT2D eigenvalue weighted by Gasteiger charge is -2.30. The van der Waals surface area contributed by atoms with E-state index < -0.39 is 14.8 Å². The van der Waals surface area contributed by atoms with Crippen molar-refractivity contribution in [3.63, 3.8) is 0 Å². The van der Waals surface area contributed by atoms with Gasteiger partial charge in [-0.2, -0.15) is 0 Å². The number of sulfone groups is 1. The molecule has 0 saturated carbocycles. The van der Waals surface area contributed by atoms with Crippen molar-refractivity contribution in [3.8, 4) is 0 Å². The molecule has 1 saturated heterocycles. The average molecular weight is 340 g/mol. The molecular formula is C15H20N2O5S. The minimum atomic E-state index is -3.12. The Morgan fingerprint density at radius 1 is 1.43 bits per heavy atom. The molecule has 1 amide bonds. The molecule has 2 rings (SSSR count). The molecule has 0 bridgehead atoms. The second kappa shape index (κ2) is 6.66. The molecule has 1 fully saturated rings. The number of amides is 1. The van der Waals surface area contributed by atoms with Gasteiger partial charge in [0.2, 0.25) is 0 Å². The Morgan fingerprint density at radius 2 is 2.13 bits per heavy atom. The van der Waals surface area contributed by atoms with Crippen LogP contribution in [0.25, 0.3) is 0 Å². The number of nitro groups is 1.